The summed E-state index contributed by atoms with van der Waals surface area (Å²) >= 11 is 0. The Hall–Kier alpha value is -1.20. The number of ketones is 1. The third-order valence-electron chi connectivity index (χ3n) is 3.54. The monoisotopic (exact) mass is 281 g/mol. The van der Waals surface area contributed by atoms with E-state index in [9.17, 15) is 13.2 Å². The molecule has 0 saturated carbocycles. The fourth-order valence-corrected chi connectivity index (χ4v) is 3.91. The first-order chi connectivity index (χ1) is 8.72. The average molecular weight is 281 g/mol. The van der Waals surface area contributed by atoms with Gasteiger partial charge in [0.25, 0.3) is 0 Å². The number of sulfonamides is 1. The van der Waals surface area contributed by atoms with Gasteiger partial charge in [-0.05, 0) is 30.9 Å². The normalized spacial score (nSPS) is 19.5. The van der Waals surface area contributed by atoms with Crippen molar-refractivity contribution in [1.82, 2.24) is 4.31 Å². The second-order valence-corrected chi connectivity index (χ2v) is 7.77. The number of rotatable bonds is 3. The summed E-state index contributed by atoms with van der Waals surface area (Å²) in [5.41, 5.74) is 0.563. The summed E-state index contributed by atoms with van der Waals surface area (Å²) in [7, 11) is -3.43. The maximum Gasteiger partial charge on any atom is 0.243 e. The van der Waals surface area contributed by atoms with E-state index in [1.54, 1.807) is 12.1 Å². The molecule has 0 bridgehead atoms. The molecule has 104 valence electrons. The molecular formula is C14H19NO3S. The van der Waals surface area contributed by atoms with Gasteiger partial charge in [0.2, 0.25) is 10.0 Å². The van der Waals surface area contributed by atoms with Crippen LogP contribution in [0.3, 0.4) is 0 Å². The Balaban J connectivity index is 2.28. The van der Waals surface area contributed by atoms with Crippen LogP contribution in [0.5, 0.6) is 0 Å². The zero-order chi connectivity index (χ0) is 14.3. The molecule has 1 fully saturated rings. The Kier molecular flexibility index (Phi) is 3.53. The highest BCUT2D eigenvalue weighted by Crippen LogP contribution is 2.32. The summed E-state index contributed by atoms with van der Waals surface area (Å²) < 4.78 is 26.4. The fourth-order valence-electron chi connectivity index (χ4n) is 2.28. The van der Waals surface area contributed by atoms with Crippen molar-refractivity contribution in [2.75, 3.05) is 13.1 Å². The molecular weight excluding hydrogens is 262 g/mol. The molecule has 2 rings (SSSR count). The van der Waals surface area contributed by atoms with E-state index in [4.69, 9.17) is 0 Å². The standard InChI is InChI=1S/C14H19NO3S/c1-11(16)12-4-6-13(7-5-12)19(17,18)15-9-8-14(2,3)10-15/h4-7H,8-10H2,1-3H3. The molecule has 0 N–H and O–H groups in total. The quantitative estimate of drug-likeness (QED) is 0.799. The topological polar surface area (TPSA) is 54.5 Å². The van der Waals surface area contributed by atoms with E-state index in [0.29, 0.717) is 18.7 Å². The average Bonchev–Trinajstić information content (AvgIpc) is 2.70. The van der Waals surface area contributed by atoms with E-state index in [2.05, 4.69) is 13.8 Å². The summed E-state index contributed by atoms with van der Waals surface area (Å²) in [6, 6.07) is 6.15. The van der Waals surface area contributed by atoms with Crippen LogP contribution in [0.1, 0.15) is 37.6 Å². The Labute approximate surface area is 114 Å². The van der Waals surface area contributed by atoms with E-state index < -0.39 is 10.0 Å². The third kappa shape index (κ3) is 2.87. The number of hydrogen-bond donors (Lipinski definition) is 0. The predicted octanol–water partition coefficient (Wildman–Crippen LogP) is 2.31. The molecule has 0 spiro atoms. The number of benzene rings is 1. The van der Waals surface area contributed by atoms with Gasteiger partial charge in [-0.15, -0.1) is 0 Å². The lowest BCUT2D eigenvalue weighted by Gasteiger charge is -2.19. The van der Waals surface area contributed by atoms with Crippen LogP contribution in [0.25, 0.3) is 0 Å². The van der Waals surface area contributed by atoms with Crippen LogP contribution < -0.4 is 0 Å². The zero-order valence-electron chi connectivity index (χ0n) is 11.5. The van der Waals surface area contributed by atoms with E-state index in [-0.39, 0.29) is 16.1 Å². The molecule has 1 aromatic rings. The zero-order valence-corrected chi connectivity index (χ0v) is 12.3. The molecule has 4 nitrogen and oxygen atoms in total. The molecule has 0 unspecified atom stereocenters. The first-order valence-electron chi connectivity index (χ1n) is 6.34. The second-order valence-electron chi connectivity index (χ2n) is 5.83. The Morgan fingerprint density at radius 1 is 1.21 bits per heavy atom. The molecule has 0 aromatic heterocycles. The van der Waals surface area contributed by atoms with Gasteiger partial charge in [0.15, 0.2) is 5.78 Å². The maximum atomic E-state index is 12.4. The van der Waals surface area contributed by atoms with Gasteiger partial charge in [-0.1, -0.05) is 26.0 Å². The van der Waals surface area contributed by atoms with Crippen molar-refractivity contribution in [2.24, 2.45) is 5.41 Å². The van der Waals surface area contributed by atoms with E-state index in [1.165, 1.54) is 23.4 Å². The van der Waals surface area contributed by atoms with Crippen LogP contribution >= 0.6 is 0 Å². The SMILES string of the molecule is CC(=O)c1ccc(S(=O)(=O)N2CCC(C)(C)C2)cc1. The predicted molar refractivity (Wildman–Crippen MR) is 73.6 cm³/mol. The minimum atomic E-state index is -3.43. The van der Waals surface area contributed by atoms with Gasteiger partial charge in [0, 0.05) is 18.7 Å². The van der Waals surface area contributed by atoms with Crippen LogP contribution in [0.15, 0.2) is 29.2 Å². The van der Waals surface area contributed by atoms with E-state index >= 15 is 0 Å². The number of nitrogens with zero attached hydrogens (tertiary/aromatic N) is 1. The molecule has 0 radical (unpaired) electrons. The van der Waals surface area contributed by atoms with Gasteiger partial charge in [-0.25, -0.2) is 8.42 Å². The van der Waals surface area contributed by atoms with Crippen molar-refractivity contribution in [1.29, 1.82) is 0 Å². The number of Topliss-reactive ketones (excluding diaryl/α,β-unsaturated/α-hetero) is 1. The molecule has 0 atom stereocenters. The third-order valence-corrected chi connectivity index (χ3v) is 5.40. The van der Waals surface area contributed by atoms with Crippen molar-refractivity contribution in [3.63, 3.8) is 0 Å². The molecule has 0 aliphatic carbocycles. The van der Waals surface area contributed by atoms with Gasteiger partial charge in [-0.3, -0.25) is 4.79 Å². The number of carbonyl (C=O) groups excluding carboxylic acids is 1. The molecule has 1 aromatic carbocycles. The van der Waals surface area contributed by atoms with Gasteiger partial charge in [-0.2, -0.15) is 4.31 Å². The van der Waals surface area contributed by atoms with Crippen LogP contribution in [0.4, 0.5) is 0 Å². The molecule has 1 saturated heterocycles. The van der Waals surface area contributed by atoms with Crippen molar-refractivity contribution in [3.8, 4) is 0 Å². The van der Waals surface area contributed by atoms with Gasteiger partial charge < -0.3 is 0 Å². The number of carbonyl (C=O) groups is 1. The molecule has 1 heterocycles. The largest absolute Gasteiger partial charge is 0.295 e. The first-order valence-corrected chi connectivity index (χ1v) is 7.78. The summed E-state index contributed by atoms with van der Waals surface area (Å²) in [5, 5.41) is 0. The summed E-state index contributed by atoms with van der Waals surface area (Å²) in [4.78, 5) is 11.4. The van der Waals surface area contributed by atoms with Crippen LogP contribution in [-0.2, 0) is 10.0 Å². The Morgan fingerprint density at radius 3 is 2.21 bits per heavy atom. The van der Waals surface area contributed by atoms with Crippen molar-refractivity contribution >= 4 is 15.8 Å². The van der Waals surface area contributed by atoms with E-state index in [1.807, 2.05) is 0 Å². The Morgan fingerprint density at radius 2 is 1.79 bits per heavy atom. The van der Waals surface area contributed by atoms with Crippen LogP contribution in [-0.4, -0.2) is 31.6 Å². The molecule has 5 heteroatoms. The lowest BCUT2D eigenvalue weighted by molar-refractivity contribution is 0.101. The van der Waals surface area contributed by atoms with Gasteiger partial charge in [0.05, 0.1) is 4.90 Å². The smallest absolute Gasteiger partial charge is 0.243 e. The summed E-state index contributed by atoms with van der Waals surface area (Å²) in [5.74, 6) is -0.0637. The highest BCUT2D eigenvalue weighted by molar-refractivity contribution is 7.89. The second kappa shape index (κ2) is 4.72. The van der Waals surface area contributed by atoms with Gasteiger partial charge in [0.1, 0.15) is 0 Å². The summed E-state index contributed by atoms with van der Waals surface area (Å²) in [6.45, 7) is 6.71. The molecule has 19 heavy (non-hydrogen) atoms. The van der Waals surface area contributed by atoms with Crippen LogP contribution in [0, 0.1) is 5.41 Å². The molecule has 0 amide bonds. The van der Waals surface area contributed by atoms with E-state index in [0.717, 1.165) is 6.42 Å². The lowest BCUT2D eigenvalue weighted by Crippen LogP contribution is -2.30. The highest BCUT2D eigenvalue weighted by Gasteiger charge is 2.36. The minimum absolute atomic E-state index is 0.0341. The number of hydrogen-bond acceptors (Lipinski definition) is 3. The van der Waals surface area contributed by atoms with Crippen molar-refractivity contribution in [2.45, 2.75) is 32.1 Å². The fraction of sp³-hybridized carbons (Fsp3) is 0.500. The first kappa shape index (κ1) is 14.2. The lowest BCUT2D eigenvalue weighted by atomic mass is 9.93. The van der Waals surface area contributed by atoms with Crippen molar-refractivity contribution in [3.05, 3.63) is 29.8 Å². The molecule has 1 aliphatic rings. The van der Waals surface area contributed by atoms with Crippen LogP contribution in [0.2, 0.25) is 0 Å². The van der Waals surface area contributed by atoms with Crippen molar-refractivity contribution < 1.29 is 13.2 Å². The minimum Gasteiger partial charge on any atom is -0.295 e. The highest BCUT2D eigenvalue weighted by atomic mass is 32.2. The maximum absolute atomic E-state index is 12.4. The summed E-state index contributed by atoms with van der Waals surface area (Å²) in [6.07, 6.45) is 0.873. The Bertz CT molecular complexity index is 588. The molecule has 1 aliphatic heterocycles. The van der Waals surface area contributed by atoms with Gasteiger partial charge >= 0.3 is 0 Å².